The first kappa shape index (κ1) is 14.5. The summed E-state index contributed by atoms with van der Waals surface area (Å²) in [5, 5.41) is 2.82. The lowest BCUT2D eigenvalue weighted by Gasteiger charge is -2.08. The second kappa shape index (κ2) is 8.53. The van der Waals surface area contributed by atoms with Gasteiger partial charge in [0.05, 0.1) is 6.61 Å². The van der Waals surface area contributed by atoms with Crippen molar-refractivity contribution in [1.29, 1.82) is 0 Å². The predicted octanol–water partition coefficient (Wildman–Crippen LogP) is 1.62. The van der Waals surface area contributed by atoms with Gasteiger partial charge in [-0.15, -0.1) is 0 Å². The number of hydrogen-bond donors (Lipinski definition) is 2. The van der Waals surface area contributed by atoms with Crippen molar-refractivity contribution in [2.24, 2.45) is 5.73 Å². The van der Waals surface area contributed by atoms with E-state index < -0.39 is 0 Å². The highest BCUT2D eigenvalue weighted by molar-refractivity contribution is 5.75. The largest absolute Gasteiger partial charge is 0.493 e. The average Bonchev–Trinajstić information content (AvgIpc) is 2.37. The maximum atomic E-state index is 11.4. The SMILES string of the molecule is Cc1ccccc1OCCCC(=O)NCCCN. The highest BCUT2D eigenvalue weighted by atomic mass is 16.5. The molecule has 0 bridgehead atoms. The molecule has 100 valence electrons. The molecule has 0 spiro atoms. The fraction of sp³-hybridized carbons (Fsp3) is 0.500. The number of para-hydroxylation sites is 1. The molecule has 3 N–H and O–H groups in total. The molecule has 0 aliphatic rings. The molecule has 1 aromatic carbocycles. The topological polar surface area (TPSA) is 64.3 Å². The van der Waals surface area contributed by atoms with Crippen molar-refractivity contribution in [3.8, 4) is 5.75 Å². The summed E-state index contributed by atoms with van der Waals surface area (Å²) in [6.07, 6.45) is 2.05. The molecule has 4 heteroatoms. The van der Waals surface area contributed by atoms with Crippen molar-refractivity contribution in [2.75, 3.05) is 19.7 Å². The Morgan fingerprint density at radius 1 is 1.33 bits per heavy atom. The molecule has 0 aliphatic heterocycles. The number of benzene rings is 1. The Labute approximate surface area is 109 Å². The van der Waals surface area contributed by atoms with Crippen molar-refractivity contribution in [1.82, 2.24) is 5.32 Å². The van der Waals surface area contributed by atoms with E-state index in [4.69, 9.17) is 10.5 Å². The summed E-state index contributed by atoms with van der Waals surface area (Å²) >= 11 is 0. The fourth-order valence-corrected chi connectivity index (χ4v) is 1.55. The molecule has 18 heavy (non-hydrogen) atoms. The fourth-order valence-electron chi connectivity index (χ4n) is 1.55. The zero-order chi connectivity index (χ0) is 13.2. The molecule has 0 heterocycles. The molecular formula is C14H22N2O2. The van der Waals surface area contributed by atoms with Crippen LogP contribution in [0.3, 0.4) is 0 Å². The standard InChI is InChI=1S/C14H22N2O2/c1-12-6-2-3-7-13(12)18-11-4-8-14(17)16-10-5-9-15/h2-3,6-7H,4-5,8-11,15H2,1H3,(H,16,17). The Balaban J connectivity index is 2.12. The van der Waals surface area contributed by atoms with Gasteiger partial charge in [0.25, 0.3) is 0 Å². The van der Waals surface area contributed by atoms with E-state index in [0.717, 1.165) is 24.2 Å². The van der Waals surface area contributed by atoms with Crippen LogP contribution in [-0.2, 0) is 4.79 Å². The third-order valence-electron chi connectivity index (χ3n) is 2.60. The van der Waals surface area contributed by atoms with Crippen LogP contribution in [0.4, 0.5) is 0 Å². The number of rotatable bonds is 8. The number of ether oxygens (including phenoxy) is 1. The van der Waals surface area contributed by atoms with Crippen molar-refractivity contribution in [3.05, 3.63) is 29.8 Å². The van der Waals surface area contributed by atoms with Crippen molar-refractivity contribution in [2.45, 2.75) is 26.2 Å². The first-order valence-electron chi connectivity index (χ1n) is 6.39. The van der Waals surface area contributed by atoms with Crippen LogP contribution in [0.2, 0.25) is 0 Å². The van der Waals surface area contributed by atoms with E-state index in [1.54, 1.807) is 0 Å². The first-order chi connectivity index (χ1) is 8.74. The van der Waals surface area contributed by atoms with Gasteiger partial charge in [-0.2, -0.15) is 0 Å². The van der Waals surface area contributed by atoms with E-state index in [1.807, 2.05) is 31.2 Å². The Kier molecular flexibility index (Phi) is 6.87. The maximum absolute atomic E-state index is 11.4. The summed E-state index contributed by atoms with van der Waals surface area (Å²) in [5.74, 6) is 0.956. The molecule has 0 radical (unpaired) electrons. The van der Waals surface area contributed by atoms with Crippen molar-refractivity contribution in [3.63, 3.8) is 0 Å². The van der Waals surface area contributed by atoms with Gasteiger partial charge in [-0.1, -0.05) is 18.2 Å². The predicted molar refractivity (Wildman–Crippen MR) is 72.6 cm³/mol. The van der Waals surface area contributed by atoms with Crippen LogP contribution in [0.25, 0.3) is 0 Å². The first-order valence-corrected chi connectivity index (χ1v) is 6.39. The summed E-state index contributed by atoms with van der Waals surface area (Å²) < 4.78 is 5.61. The Bertz CT molecular complexity index is 367. The molecule has 0 aliphatic carbocycles. The monoisotopic (exact) mass is 250 g/mol. The van der Waals surface area contributed by atoms with Gasteiger partial charge in [0, 0.05) is 13.0 Å². The van der Waals surface area contributed by atoms with Gasteiger partial charge in [0.2, 0.25) is 5.91 Å². The molecule has 0 saturated carbocycles. The summed E-state index contributed by atoms with van der Waals surface area (Å²) in [7, 11) is 0. The molecule has 0 saturated heterocycles. The van der Waals surface area contributed by atoms with Gasteiger partial charge < -0.3 is 15.8 Å². The van der Waals surface area contributed by atoms with Gasteiger partial charge in [-0.25, -0.2) is 0 Å². The Morgan fingerprint density at radius 2 is 2.11 bits per heavy atom. The molecule has 1 amide bonds. The van der Waals surface area contributed by atoms with Gasteiger partial charge in [-0.05, 0) is 37.9 Å². The molecule has 0 unspecified atom stereocenters. The van der Waals surface area contributed by atoms with Crippen molar-refractivity contribution < 1.29 is 9.53 Å². The molecular weight excluding hydrogens is 228 g/mol. The Hall–Kier alpha value is -1.55. The third-order valence-corrected chi connectivity index (χ3v) is 2.60. The molecule has 0 fully saturated rings. The van der Waals surface area contributed by atoms with E-state index in [0.29, 0.717) is 26.1 Å². The number of nitrogens with two attached hydrogens (primary N) is 1. The lowest BCUT2D eigenvalue weighted by Crippen LogP contribution is -2.26. The van der Waals surface area contributed by atoms with Crippen LogP contribution in [0.15, 0.2) is 24.3 Å². The normalized spacial score (nSPS) is 10.1. The molecule has 0 aromatic heterocycles. The van der Waals surface area contributed by atoms with Gasteiger partial charge in [0.15, 0.2) is 0 Å². The number of carbonyl (C=O) groups is 1. The average molecular weight is 250 g/mol. The van der Waals surface area contributed by atoms with E-state index >= 15 is 0 Å². The van der Waals surface area contributed by atoms with E-state index in [2.05, 4.69) is 5.32 Å². The number of amides is 1. The van der Waals surface area contributed by atoms with Crippen LogP contribution in [0.1, 0.15) is 24.8 Å². The summed E-state index contributed by atoms with van der Waals surface area (Å²) in [4.78, 5) is 11.4. The molecule has 1 rings (SSSR count). The summed E-state index contributed by atoms with van der Waals surface area (Å²) in [6, 6.07) is 7.88. The zero-order valence-corrected chi connectivity index (χ0v) is 10.9. The van der Waals surface area contributed by atoms with Gasteiger partial charge in [0.1, 0.15) is 5.75 Å². The summed E-state index contributed by atoms with van der Waals surface area (Å²) in [6.45, 7) is 3.84. The number of carbonyl (C=O) groups excluding carboxylic acids is 1. The van der Waals surface area contributed by atoms with Crippen molar-refractivity contribution >= 4 is 5.91 Å². The van der Waals surface area contributed by atoms with Crippen LogP contribution in [0.5, 0.6) is 5.75 Å². The highest BCUT2D eigenvalue weighted by Crippen LogP contribution is 2.16. The maximum Gasteiger partial charge on any atom is 0.220 e. The number of hydrogen-bond acceptors (Lipinski definition) is 3. The second-order valence-electron chi connectivity index (χ2n) is 4.21. The highest BCUT2D eigenvalue weighted by Gasteiger charge is 2.01. The number of nitrogens with one attached hydrogen (secondary N) is 1. The van der Waals surface area contributed by atoms with Crippen LogP contribution in [0, 0.1) is 6.92 Å². The third kappa shape index (κ3) is 5.68. The van der Waals surface area contributed by atoms with Crippen LogP contribution < -0.4 is 15.8 Å². The van der Waals surface area contributed by atoms with Gasteiger partial charge in [-0.3, -0.25) is 4.79 Å². The van der Waals surface area contributed by atoms with Crippen LogP contribution >= 0.6 is 0 Å². The van der Waals surface area contributed by atoms with Gasteiger partial charge >= 0.3 is 0 Å². The van der Waals surface area contributed by atoms with Crippen LogP contribution in [-0.4, -0.2) is 25.6 Å². The lowest BCUT2D eigenvalue weighted by molar-refractivity contribution is -0.121. The second-order valence-corrected chi connectivity index (χ2v) is 4.21. The molecule has 4 nitrogen and oxygen atoms in total. The molecule has 1 aromatic rings. The minimum absolute atomic E-state index is 0.0665. The Morgan fingerprint density at radius 3 is 2.83 bits per heavy atom. The van der Waals surface area contributed by atoms with E-state index in [1.165, 1.54) is 0 Å². The minimum atomic E-state index is 0.0665. The zero-order valence-electron chi connectivity index (χ0n) is 10.9. The minimum Gasteiger partial charge on any atom is -0.493 e. The molecule has 0 atom stereocenters. The van der Waals surface area contributed by atoms with E-state index in [-0.39, 0.29) is 5.91 Å². The quantitative estimate of drug-likeness (QED) is 0.689. The number of aryl methyl sites for hydroxylation is 1. The smallest absolute Gasteiger partial charge is 0.220 e. The summed E-state index contributed by atoms with van der Waals surface area (Å²) in [5.41, 5.74) is 6.46. The lowest BCUT2D eigenvalue weighted by atomic mass is 10.2. The van der Waals surface area contributed by atoms with E-state index in [9.17, 15) is 4.79 Å².